The molecule has 1 unspecified atom stereocenters. The number of nitrogens with one attached hydrogen (secondary N) is 1. The van der Waals surface area contributed by atoms with Crippen LogP contribution in [0, 0.1) is 5.92 Å². The summed E-state index contributed by atoms with van der Waals surface area (Å²) in [6, 6.07) is 0.730. The van der Waals surface area contributed by atoms with Crippen molar-refractivity contribution in [3.05, 3.63) is 0 Å². The fourth-order valence-corrected chi connectivity index (χ4v) is 2.14. The fourth-order valence-electron chi connectivity index (χ4n) is 2.14. The monoisotopic (exact) mass is 171 g/mol. The van der Waals surface area contributed by atoms with Crippen LogP contribution >= 0.6 is 0 Å². The first kappa shape index (κ1) is 10.0. The van der Waals surface area contributed by atoms with Crippen LogP contribution in [0.3, 0.4) is 0 Å². The second kappa shape index (κ2) is 5.55. The lowest BCUT2D eigenvalue weighted by Crippen LogP contribution is -2.23. The van der Waals surface area contributed by atoms with Gasteiger partial charge in [-0.3, -0.25) is 0 Å². The maximum atomic E-state index is 8.82. The molecule has 2 atom stereocenters. The second-order valence-corrected chi connectivity index (χ2v) is 3.87. The normalized spacial score (nSPS) is 31.5. The Morgan fingerprint density at radius 3 is 2.75 bits per heavy atom. The summed E-state index contributed by atoms with van der Waals surface area (Å²) in [7, 11) is 2.05. The molecule has 0 aromatic rings. The minimum Gasteiger partial charge on any atom is -0.396 e. The number of hydrogen-bond acceptors (Lipinski definition) is 2. The molecule has 2 heteroatoms. The molecule has 0 aromatic carbocycles. The average Bonchev–Trinajstić information content (AvgIpc) is 2.31. The highest BCUT2D eigenvalue weighted by Crippen LogP contribution is 2.25. The van der Waals surface area contributed by atoms with E-state index in [1.807, 2.05) is 0 Å². The van der Waals surface area contributed by atoms with Gasteiger partial charge in [-0.1, -0.05) is 12.8 Å². The first-order valence-corrected chi connectivity index (χ1v) is 5.15. The Balaban J connectivity index is 2.24. The molecule has 72 valence electrons. The zero-order valence-electron chi connectivity index (χ0n) is 8.05. The Morgan fingerprint density at radius 2 is 2.08 bits per heavy atom. The van der Waals surface area contributed by atoms with E-state index in [0.29, 0.717) is 6.61 Å². The van der Waals surface area contributed by atoms with Crippen molar-refractivity contribution in [2.24, 2.45) is 5.92 Å². The Bertz CT molecular complexity index is 116. The number of aliphatic hydroxyl groups is 1. The van der Waals surface area contributed by atoms with Crippen LogP contribution in [0.25, 0.3) is 0 Å². The molecule has 1 aliphatic carbocycles. The maximum Gasteiger partial charge on any atom is 0.0433 e. The van der Waals surface area contributed by atoms with Crippen LogP contribution in [-0.2, 0) is 0 Å². The van der Waals surface area contributed by atoms with E-state index < -0.39 is 0 Å². The third-order valence-electron chi connectivity index (χ3n) is 3.03. The SMILES string of the molecule is CN[C@H]1CCCC(CCO)CC1. The van der Waals surface area contributed by atoms with Crippen LogP contribution in [0.2, 0.25) is 0 Å². The summed E-state index contributed by atoms with van der Waals surface area (Å²) in [5.74, 6) is 0.786. The Morgan fingerprint density at radius 1 is 1.25 bits per heavy atom. The fraction of sp³-hybridized carbons (Fsp3) is 1.00. The minimum atomic E-state index is 0.370. The largest absolute Gasteiger partial charge is 0.396 e. The number of rotatable bonds is 3. The molecule has 0 aromatic heterocycles. The molecule has 12 heavy (non-hydrogen) atoms. The zero-order chi connectivity index (χ0) is 8.81. The van der Waals surface area contributed by atoms with Crippen LogP contribution in [0.1, 0.15) is 38.5 Å². The van der Waals surface area contributed by atoms with Crippen LogP contribution in [0.4, 0.5) is 0 Å². The first-order valence-electron chi connectivity index (χ1n) is 5.15. The number of aliphatic hydroxyl groups excluding tert-OH is 1. The molecule has 0 amide bonds. The molecule has 0 spiro atoms. The van der Waals surface area contributed by atoms with Crippen LogP contribution in [-0.4, -0.2) is 24.8 Å². The van der Waals surface area contributed by atoms with E-state index >= 15 is 0 Å². The van der Waals surface area contributed by atoms with E-state index in [9.17, 15) is 0 Å². The Kier molecular flexibility index (Phi) is 4.62. The van der Waals surface area contributed by atoms with E-state index in [-0.39, 0.29) is 0 Å². The van der Waals surface area contributed by atoms with Gasteiger partial charge in [-0.2, -0.15) is 0 Å². The van der Waals surface area contributed by atoms with E-state index in [1.54, 1.807) is 0 Å². The zero-order valence-corrected chi connectivity index (χ0v) is 8.05. The Hall–Kier alpha value is -0.0800. The highest BCUT2D eigenvalue weighted by molar-refractivity contribution is 4.73. The summed E-state index contributed by atoms with van der Waals surface area (Å²) in [5, 5.41) is 12.2. The van der Waals surface area contributed by atoms with Crippen LogP contribution in [0.5, 0.6) is 0 Å². The highest BCUT2D eigenvalue weighted by atomic mass is 16.3. The lowest BCUT2D eigenvalue weighted by Gasteiger charge is -2.13. The van der Waals surface area contributed by atoms with Gasteiger partial charge in [0.15, 0.2) is 0 Å². The molecule has 0 heterocycles. The predicted octanol–water partition coefficient (Wildman–Crippen LogP) is 1.54. The van der Waals surface area contributed by atoms with Crippen molar-refractivity contribution in [3.63, 3.8) is 0 Å². The molecule has 1 rings (SSSR count). The summed E-state index contributed by atoms with van der Waals surface area (Å²) < 4.78 is 0. The second-order valence-electron chi connectivity index (χ2n) is 3.87. The topological polar surface area (TPSA) is 32.3 Å². The van der Waals surface area contributed by atoms with Crippen molar-refractivity contribution in [2.75, 3.05) is 13.7 Å². The number of hydrogen-bond donors (Lipinski definition) is 2. The molecule has 2 N–H and O–H groups in total. The predicted molar refractivity (Wildman–Crippen MR) is 51.1 cm³/mol. The molecule has 0 aliphatic heterocycles. The van der Waals surface area contributed by atoms with Gasteiger partial charge in [-0.05, 0) is 38.6 Å². The molecule has 1 aliphatic rings. The van der Waals surface area contributed by atoms with E-state index in [4.69, 9.17) is 5.11 Å². The van der Waals surface area contributed by atoms with Crippen LogP contribution < -0.4 is 5.32 Å². The molecule has 1 saturated carbocycles. The molecule has 0 saturated heterocycles. The standard InChI is InChI=1S/C10H21NO/c1-11-10-4-2-3-9(5-6-10)7-8-12/h9-12H,2-8H2,1H3/t9?,10-/m0/s1. The third kappa shape index (κ3) is 3.11. The highest BCUT2D eigenvalue weighted by Gasteiger charge is 2.16. The molecule has 1 fully saturated rings. The van der Waals surface area contributed by atoms with Gasteiger partial charge in [0, 0.05) is 12.6 Å². The summed E-state index contributed by atoms with van der Waals surface area (Å²) in [6.07, 6.45) is 7.57. The molecule has 0 radical (unpaired) electrons. The van der Waals surface area contributed by atoms with Crippen molar-refractivity contribution >= 4 is 0 Å². The quantitative estimate of drug-likeness (QED) is 0.631. The van der Waals surface area contributed by atoms with E-state index in [0.717, 1.165) is 18.4 Å². The summed E-state index contributed by atoms with van der Waals surface area (Å²) in [6.45, 7) is 0.370. The van der Waals surface area contributed by atoms with Crippen molar-refractivity contribution < 1.29 is 5.11 Å². The van der Waals surface area contributed by atoms with Crippen LogP contribution in [0.15, 0.2) is 0 Å². The summed E-state index contributed by atoms with van der Waals surface area (Å²) >= 11 is 0. The van der Waals surface area contributed by atoms with Gasteiger partial charge in [-0.15, -0.1) is 0 Å². The molecular weight excluding hydrogens is 150 g/mol. The van der Waals surface area contributed by atoms with Gasteiger partial charge in [0.05, 0.1) is 0 Å². The molecule has 0 bridgehead atoms. The molecular formula is C10H21NO. The minimum absolute atomic E-state index is 0.370. The smallest absolute Gasteiger partial charge is 0.0433 e. The first-order chi connectivity index (χ1) is 5.86. The molecule has 2 nitrogen and oxygen atoms in total. The van der Waals surface area contributed by atoms with Gasteiger partial charge in [0.25, 0.3) is 0 Å². The van der Waals surface area contributed by atoms with Gasteiger partial charge in [0.1, 0.15) is 0 Å². The summed E-state index contributed by atoms with van der Waals surface area (Å²) in [5.41, 5.74) is 0. The van der Waals surface area contributed by atoms with Gasteiger partial charge >= 0.3 is 0 Å². The maximum absolute atomic E-state index is 8.82. The van der Waals surface area contributed by atoms with Crippen molar-refractivity contribution in [2.45, 2.75) is 44.6 Å². The lowest BCUT2D eigenvalue weighted by molar-refractivity contribution is 0.247. The summed E-state index contributed by atoms with van der Waals surface area (Å²) in [4.78, 5) is 0. The lowest BCUT2D eigenvalue weighted by atomic mass is 9.97. The third-order valence-corrected chi connectivity index (χ3v) is 3.03. The average molecular weight is 171 g/mol. The van der Waals surface area contributed by atoms with E-state index in [2.05, 4.69) is 12.4 Å². The van der Waals surface area contributed by atoms with Crippen molar-refractivity contribution in [1.29, 1.82) is 0 Å². The van der Waals surface area contributed by atoms with Gasteiger partial charge in [0.2, 0.25) is 0 Å². The Labute approximate surface area is 75.4 Å². The van der Waals surface area contributed by atoms with Crippen molar-refractivity contribution in [1.82, 2.24) is 5.32 Å². The van der Waals surface area contributed by atoms with Gasteiger partial charge < -0.3 is 10.4 Å². The van der Waals surface area contributed by atoms with E-state index in [1.165, 1.54) is 32.1 Å². The van der Waals surface area contributed by atoms with Gasteiger partial charge in [-0.25, -0.2) is 0 Å². The van der Waals surface area contributed by atoms with Crippen molar-refractivity contribution in [3.8, 4) is 0 Å².